The molecule has 0 amide bonds. The summed E-state index contributed by atoms with van der Waals surface area (Å²) < 4.78 is 5.42. The van der Waals surface area contributed by atoms with Crippen LogP contribution in [0, 0.1) is 18.8 Å². The molecule has 0 heterocycles. The van der Waals surface area contributed by atoms with Crippen LogP contribution in [0.25, 0.3) is 0 Å². The minimum absolute atomic E-state index is 0.122. The number of halogens is 1. The molecule has 15 heavy (non-hydrogen) atoms. The molecule has 2 nitrogen and oxygen atoms in total. The first-order valence-corrected chi connectivity index (χ1v) is 5.24. The van der Waals surface area contributed by atoms with E-state index < -0.39 is 0 Å². The molecule has 0 N–H and O–H groups in total. The number of benzene rings is 1. The standard InChI is InChI=1S/C12H11BrO2/c1-9-6-7-11(13)10(8-9)4-3-5-12(14)15-2/h6-8H,5H2,1-2H3. The zero-order valence-corrected chi connectivity index (χ0v) is 10.2. The molecule has 3 heteroatoms. The zero-order chi connectivity index (χ0) is 11.3. The van der Waals surface area contributed by atoms with Gasteiger partial charge in [-0.05, 0) is 40.5 Å². The number of rotatable bonds is 1. The van der Waals surface area contributed by atoms with Gasteiger partial charge in [-0.3, -0.25) is 4.79 Å². The number of ether oxygens (including phenoxy) is 1. The summed E-state index contributed by atoms with van der Waals surface area (Å²) in [7, 11) is 1.35. The maximum atomic E-state index is 10.8. The summed E-state index contributed by atoms with van der Waals surface area (Å²) in [6, 6.07) is 5.90. The Kier molecular flexibility index (Phi) is 4.38. The Morgan fingerprint density at radius 2 is 2.27 bits per heavy atom. The molecule has 78 valence electrons. The second-order valence-corrected chi connectivity index (χ2v) is 3.89. The minimum atomic E-state index is -0.314. The molecule has 0 saturated heterocycles. The van der Waals surface area contributed by atoms with E-state index in [4.69, 9.17) is 0 Å². The first-order chi connectivity index (χ1) is 7.13. The Bertz CT molecular complexity index is 427. The maximum Gasteiger partial charge on any atom is 0.317 e. The van der Waals surface area contributed by atoms with E-state index in [1.807, 2.05) is 25.1 Å². The molecule has 1 rings (SSSR count). The van der Waals surface area contributed by atoms with Gasteiger partial charge in [-0.25, -0.2) is 0 Å². The molecule has 0 spiro atoms. The Morgan fingerprint density at radius 3 is 2.93 bits per heavy atom. The van der Waals surface area contributed by atoms with Crippen LogP contribution in [0.1, 0.15) is 17.5 Å². The highest BCUT2D eigenvalue weighted by atomic mass is 79.9. The molecule has 0 unspecified atom stereocenters. The Morgan fingerprint density at radius 1 is 1.53 bits per heavy atom. The van der Waals surface area contributed by atoms with Crippen LogP contribution in [0.4, 0.5) is 0 Å². The molecule has 0 aliphatic carbocycles. The summed E-state index contributed by atoms with van der Waals surface area (Å²) in [5, 5.41) is 0. The van der Waals surface area contributed by atoms with Crippen molar-refractivity contribution >= 4 is 21.9 Å². The van der Waals surface area contributed by atoms with Gasteiger partial charge in [0.25, 0.3) is 0 Å². The van der Waals surface area contributed by atoms with Crippen molar-refractivity contribution in [2.75, 3.05) is 7.11 Å². The molecule has 0 aliphatic rings. The van der Waals surface area contributed by atoms with Gasteiger partial charge in [-0.1, -0.05) is 17.9 Å². The van der Waals surface area contributed by atoms with E-state index in [0.717, 1.165) is 15.6 Å². The number of methoxy groups -OCH3 is 1. The van der Waals surface area contributed by atoms with Crippen LogP contribution in [0.2, 0.25) is 0 Å². The van der Waals surface area contributed by atoms with Gasteiger partial charge in [0.1, 0.15) is 6.42 Å². The van der Waals surface area contributed by atoms with Crippen molar-refractivity contribution in [3.05, 3.63) is 33.8 Å². The van der Waals surface area contributed by atoms with Crippen LogP contribution in [-0.2, 0) is 9.53 Å². The second kappa shape index (κ2) is 5.57. The van der Waals surface area contributed by atoms with Crippen molar-refractivity contribution in [2.24, 2.45) is 0 Å². The number of hydrogen-bond acceptors (Lipinski definition) is 2. The van der Waals surface area contributed by atoms with Gasteiger partial charge in [-0.15, -0.1) is 0 Å². The predicted molar refractivity (Wildman–Crippen MR) is 62.4 cm³/mol. The predicted octanol–water partition coefficient (Wildman–Crippen LogP) is 2.67. The van der Waals surface area contributed by atoms with Gasteiger partial charge in [0.2, 0.25) is 0 Å². The summed E-state index contributed by atoms with van der Waals surface area (Å²) >= 11 is 3.40. The van der Waals surface area contributed by atoms with E-state index in [9.17, 15) is 4.79 Å². The van der Waals surface area contributed by atoms with Crippen molar-refractivity contribution in [2.45, 2.75) is 13.3 Å². The van der Waals surface area contributed by atoms with E-state index in [0.29, 0.717) is 0 Å². The Labute approximate surface area is 97.8 Å². The minimum Gasteiger partial charge on any atom is -0.468 e. The lowest BCUT2D eigenvalue weighted by Crippen LogP contribution is -1.97. The fraction of sp³-hybridized carbons (Fsp3) is 0.250. The second-order valence-electron chi connectivity index (χ2n) is 3.04. The highest BCUT2D eigenvalue weighted by Crippen LogP contribution is 2.16. The van der Waals surface area contributed by atoms with Crippen molar-refractivity contribution in [3.8, 4) is 11.8 Å². The lowest BCUT2D eigenvalue weighted by atomic mass is 10.1. The van der Waals surface area contributed by atoms with Crippen LogP contribution in [0.3, 0.4) is 0 Å². The fourth-order valence-corrected chi connectivity index (χ4v) is 1.36. The quantitative estimate of drug-likeness (QED) is 0.577. The molecule has 1 aromatic carbocycles. The summed E-state index contributed by atoms with van der Waals surface area (Å²) in [6.07, 6.45) is 0.122. The average Bonchev–Trinajstić information content (AvgIpc) is 2.23. The van der Waals surface area contributed by atoms with Crippen molar-refractivity contribution in [1.82, 2.24) is 0 Å². The molecule has 0 bridgehead atoms. The fourth-order valence-electron chi connectivity index (χ4n) is 1.02. The highest BCUT2D eigenvalue weighted by molar-refractivity contribution is 9.10. The van der Waals surface area contributed by atoms with Crippen LogP contribution in [0.5, 0.6) is 0 Å². The number of aryl methyl sites for hydroxylation is 1. The highest BCUT2D eigenvalue weighted by Gasteiger charge is 1.97. The number of esters is 1. The summed E-state index contributed by atoms with van der Waals surface area (Å²) in [6.45, 7) is 2.00. The summed E-state index contributed by atoms with van der Waals surface area (Å²) in [4.78, 5) is 10.8. The summed E-state index contributed by atoms with van der Waals surface area (Å²) in [5.41, 5.74) is 2.03. The maximum absolute atomic E-state index is 10.8. The van der Waals surface area contributed by atoms with Gasteiger partial charge in [0.15, 0.2) is 0 Å². The van der Waals surface area contributed by atoms with Gasteiger partial charge in [-0.2, -0.15) is 0 Å². The Hall–Kier alpha value is -1.27. The molecular weight excluding hydrogens is 256 g/mol. The largest absolute Gasteiger partial charge is 0.468 e. The first-order valence-electron chi connectivity index (χ1n) is 4.45. The van der Waals surface area contributed by atoms with E-state index in [1.165, 1.54) is 7.11 Å². The topological polar surface area (TPSA) is 26.3 Å². The van der Waals surface area contributed by atoms with Gasteiger partial charge >= 0.3 is 5.97 Å². The average molecular weight is 267 g/mol. The molecular formula is C12H11BrO2. The van der Waals surface area contributed by atoms with Crippen LogP contribution in [-0.4, -0.2) is 13.1 Å². The third-order valence-electron chi connectivity index (χ3n) is 1.81. The SMILES string of the molecule is COC(=O)CC#Cc1cc(C)ccc1Br. The summed E-state index contributed by atoms with van der Waals surface area (Å²) in [5.74, 6) is 5.37. The molecule has 0 aromatic heterocycles. The van der Waals surface area contributed by atoms with Crippen molar-refractivity contribution < 1.29 is 9.53 Å². The van der Waals surface area contributed by atoms with Crippen molar-refractivity contribution in [1.29, 1.82) is 0 Å². The number of carbonyl (C=O) groups is 1. The van der Waals surface area contributed by atoms with E-state index in [1.54, 1.807) is 0 Å². The molecule has 0 atom stereocenters. The normalized spacial score (nSPS) is 9.00. The van der Waals surface area contributed by atoms with Crippen LogP contribution >= 0.6 is 15.9 Å². The zero-order valence-electron chi connectivity index (χ0n) is 8.63. The van der Waals surface area contributed by atoms with E-state index >= 15 is 0 Å². The van der Waals surface area contributed by atoms with Gasteiger partial charge in [0, 0.05) is 10.0 Å². The molecule has 0 radical (unpaired) electrons. The van der Waals surface area contributed by atoms with Crippen LogP contribution in [0.15, 0.2) is 22.7 Å². The lowest BCUT2D eigenvalue weighted by Gasteiger charge is -1.97. The molecule has 1 aromatic rings. The van der Waals surface area contributed by atoms with Crippen LogP contribution < -0.4 is 0 Å². The third kappa shape index (κ3) is 3.77. The monoisotopic (exact) mass is 266 g/mol. The third-order valence-corrected chi connectivity index (χ3v) is 2.50. The molecule has 0 fully saturated rings. The van der Waals surface area contributed by atoms with Crippen molar-refractivity contribution in [3.63, 3.8) is 0 Å². The lowest BCUT2D eigenvalue weighted by molar-refractivity contribution is -0.139. The van der Waals surface area contributed by atoms with E-state index in [2.05, 4.69) is 32.5 Å². The Balaban J connectivity index is 2.79. The molecule has 0 aliphatic heterocycles. The number of carbonyl (C=O) groups excluding carboxylic acids is 1. The van der Waals surface area contributed by atoms with Gasteiger partial charge < -0.3 is 4.74 Å². The molecule has 0 saturated carbocycles. The van der Waals surface area contributed by atoms with Gasteiger partial charge in [0.05, 0.1) is 7.11 Å². The number of hydrogen-bond donors (Lipinski definition) is 0. The van der Waals surface area contributed by atoms with E-state index in [-0.39, 0.29) is 12.4 Å². The smallest absolute Gasteiger partial charge is 0.317 e. The first kappa shape index (κ1) is 11.8.